The monoisotopic (exact) mass is 339 g/mol. The maximum atomic E-state index is 5.44. The highest BCUT2D eigenvalue weighted by molar-refractivity contribution is 5.89. The number of ether oxygens (including phenoxy) is 1. The average molecular weight is 339 g/mol. The number of hydrogen-bond acceptors (Lipinski definition) is 2. The molecule has 0 bridgehead atoms. The van der Waals surface area contributed by atoms with Gasteiger partial charge in [-0.05, 0) is 54.1 Å². The van der Waals surface area contributed by atoms with Crippen LogP contribution in [0.1, 0.15) is 5.56 Å². The minimum Gasteiger partial charge on any atom is -0.497 e. The predicted octanol–water partition coefficient (Wildman–Crippen LogP) is 6.63. The lowest BCUT2D eigenvalue weighted by molar-refractivity contribution is 0.415. The fourth-order valence-electron chi connectivity index (χ4n) is 3.21. The molecule has 4 aromatic carbocycles. The molecule has 0 saturated carbocycles. The van der Waals surface area contributed by atoms with E-state index >= 15 is 0 Å². The van der Waals surface area contributed by atoms with Gasteiger partial charge in [0.25, 0.3) is 0 Å². The number of fused-ring (bicyclic) bond motifs is 1. The number of anilines is 3. The SMILES string of the molecule is COc1cccc(N(c2ccc(C)cc2)c2ccc3ccccc3c2)c1. The summed E-state index contributed by atoms with van der Waals surface area (Å²) in [5, 5.41) is 2.47. The molecule has 0 spiro atoms. The molecule has 0 radical (unpaired) electrons. The molecule has 26 heavy (non-hydrogen) atoms. The Morgan fingerprint density at radius 3 is 2.08 bits per heavy atom. The second kappa shape index (κ2) is 6.93. The normalized spacial score (nSPS) is 10.7. The van der Waals surface area contributed by atoms with Crippen LogP contribution in [0, 0.1) is 6.92 Å². The number of rotatable bonds is 4. The predicted molar refractivity (Wildman–Crippen MR) is 110 cm³/mol. The lowest BCUT2D eigenvalue weighted by Gasteiger charge is -2.26. The lowest BCUT2D eigenvalue weighted by Crippen LogP contribution is -2.10. The highest BCUT2D eigenvalue weighted by Gasteiger charge is 2.13. The van der Waals surface area contributed by atoms with Gasteiger partial charge in [0.15, 0.2) is 0 Å². The molecule has 0 aliphatic heterocycles. The van der Waals surface area contributed by atoms with Crippen LogP contribution in [-0.2, 0) is 0 Å². The molecule has 0 fully saturated rings. The van der Waals surface area contributed by atoms with Gasteiger partial charge in [-0.3, -0.25) is 0 Å². The molecule has 0 aliphatic rings. The Labute approximate surface area is 154 Å². The minimum absolute atomic E-state index is 0.848. The van der Waals surface area contributed by atoms with Gasteiger partial charge in [0.05, 0.1) is 7.11 Å². The Bertz CT molecular complexity index is 1040. The van der Waals surface area contributed by atoms with Crippen molar-refractivity contribution in [2.24, 2.45) is 0 Å². The summed E-state index contributed by atoms with van der Waals surface area (Å²) in [5.74, 6) is 0.848. The molecule has 0 aliphatic carbocycles. The van der Waals surface area contributed by atoms with Crippen LogP contribution in [0.5, 0.6) is 5.75 Å². The molecule has 4 rings (SSSR count). The van der Waals surface area contributed by atoms with Gasteiger partial charge in [-0.2, -0.15) is 0 Å². The first-order valence-corrected chi connectivity index (χ1v) is 8.74. The van der Waals surface area contributed by atoms with E-state index in [0.29, 0.717) is 0 Å². The number of methoxy groups -OCH3 is 1. The van der Waals surface area contributed by atoms with Crippen LogP contribution >= 0.6 is 0 Å². The van der Waals surface area contributed by atoms with E-state index in [2.05, 4.69) is 90.7 Å². The average Bonchev–Trinajstić information content (AvgIpc) is 2.70. The van der Waals surface area contributed by atoms with E-state index in [-0.39, 0.29) is 0 Å². The standard InChI is InChI=1S/C24H21NO/c1-18-10-13-21(14-11-18)25(22-8-5-9-24(17-22)26-2)23-15-12-19-6-3-4-7-20(19)16-23/h3-17H,1-2H3. The Balaban J connectivity index is 1.89. The number of hydrogen-bond donors (Lipinski definition) is 0. The van der Waals surface area contributed by atoms with Crippen LogP contribution < -0.4 is 9.64 Å². The number of aryl methyl sites for hydroxylation is 1. The summed E-state index contributed by atoms with van der Waals surface area (Å²) in [6.45, 7) is 2.11. The van der Waals surface area contributed by atoms with Crippen molar-refractivity contribution >= 4 is 27.8 Å². The molecule has 0 aromatic heterocycles. The summed E-state index contributed by atoms with van der Waals surface area (Å²) in [6, 6.07) is 31.8. The van der Waals surface area contributed by atoms with E-state index in [1.54, 1.807) is 7.11 Å². The molecule has 0 unspecified atom stereocenters. The third-order valence-electron chi connectivity index (χ3n) is 4.59. The van der Waals surface area contributed by atoms with E-state index in [1.165, 1.54) is 16.3 Å². The van der Waals surface area contributed by atoms with Crippen molar-refractivity contribution in [3.63, 3.8) is 0 Å². The van der Waals surface area contributed by atoms with Crippen LogP contribution in [0.4, 0.5) is 17.1 Å². The van der Waals surface area contributed by atoms with Crippen LogP contribution in [0.25, 0.3) is 10.8 Å². The molecule has 128 valence electrons. The zero-order chi connectivity index (χ0) is 17.9. The fraction of sp³-hybridized carbons (Fsp3) is 0.0833. The van der Waals surface area contributed by atoms with E-state index in [0.717, 1.165) is 22.8 Å². The Morgan fingerprint density at radius 2 is 1.31 bits per heavy atom. The largest absolute Gasteiger partial charge is 0.497 e. The molecular weight excluding hydrogens is 318 g/mol. The summed E-state index contributed by atoms with van der Waals surface area (Å²) in [6.07, 6.45) is 0. The van der Waals surface area contributed by atoms with Crippen molar-refractivity contribution in [2.75, 3.05) is 12.0 Å². The smallest absolute Gasteiger partial charge is 0.120 e. The van der Waals surface area contributed by atoms with Gasteiger partial charge >= 0.3 is 0 Å². The van der Waals surface area contributed by atoms with E-state index < -0.39 is 0 Å². The van der Waals surface area contributed by atoms with Gasteiger partial charge in [-0.1, -0.05) is 54.1 Å². The minimum atomic E-state index is 0.848. The second-order valence-electron chi connectivity index (χ2n) is 6.40. The zero-order valence-corrected chi connectivity index (χ0v) is 15.0. The highest BCUT2D eigenvalue weighted by Crippen LogP contribution is 2.37. The molecule has 0 amide bonds. The van der Waals surface area contributed by atoms with Crippen molar-refractivity contribution in [2.45, 2.75) is 6.92 Å². The van der Waals surface area contributed by atoms with Crippen molar-refractivity contribution < 1.29 is 4.74 Å². The third-order valence-corrected chi connectivity index (χ3v) is 4.59. The van der Waals surface area contributed by atoms with Gasteiger partial charge in [0, 0.05) is 23.1 Å². The second-order valence-corrected chi connectivity index (χ2v) is 6.40. The van der Waals surface area contributed by atoms with Gasteiger partial charge in [-0.25, -0.2) is 0 Å². The van der Waals surface area contributed by atoms with E-state index in [1.807, 2.05) is 12.1 Å². The van der Waals surface area contributed by atoms with Gasteiger partial charge in [0.2, 0.25) is 0 Å². The molecule has 0 N–H and O–H groups in total. The van der Waals surface area contributed by atoms with Crippen LogP contribution in [-0.4, -0.2) is 7.11 Å². The Hall–Kier alpha value is -3.26. The van der Waals surface area contributed by atoms with Crippen molar-refractivity contribution in [3.05, 3.63) is 96.6 Å². The summed E-state index contributed by atoms with van der Waals surface area (Å²) >= 11 is 0. The number of nitrogens with zero attached hydrogens (tertiary/aromatic N) is 1. The van der Waals surface area contributed by atoms with Gasteiger partial charge in [0.1, 0.15) is 5.75 Å². The quantitative estimate of drug-likeness (QED) is 0.414. The molecule has 2 nitrogen and oxygen atoms in total. The first-order valence-electron chi connectivity index (χ1n) is 8.74. The first kappa shape index (κ1) is 16.2. The summed E-state index contributed by atoms with van der Waals surface area (Å²) in [7, 11) is 1.70. The third kappa shape index (κ3) is 3.14. The molecule has 2 heteroatoms. The van der Waals surface area contributed by atoms with Crippen molar-refractivity contribution in [1.29, 1.82) is 0 Å². The fourth-order valence-corrected chi connectivity index (χ4v) is 3.21. The molecule has 4 aromatic rings. The number of benzene rings is 4. The summed E-state index contributed by atoms with van der Waals surface area (Å²) in [4.78, 5) is 2.26. The molecule has 0 saturated heterocycles. The van der Waals surface area contributed by atoms with Crippen LogP contribution in [0.2, 0.25) is 0 Å². The van der Waals surface area contributed by atoms with Crippen LogP contribution in [0.3, 0.4) is 0 Å². The first-order chi connectivity index (χ1) is 12.7. The zero-order valence-electron chi connectivity index (χ0n) is 15.0. The van der Waals surface area contributed by atoms with Crippen LogP contribution in [0.15, 0.2) is 91.0 Å². The maximum absolute atomic E-state index is 5.44. The molecule has 0 atom stereocenters. The summed E-state index contributed by atoms with van der Waals surface area (Å²) in [5.41, 5.74) is 4.57. The van der Waals surface area contributed by atoms with Gasteiger partial charge < -0.3 is 9.64 Å². The van der Waals surface area contributed by atoms with Crippen molar-refractivity contribution in [3.8, 4) is 5.75 Å². The summed E-state index contributed by atoms with van der Waals surface area (Å²) < 4.78 is 5.44. The lowest BCUT2D eigenvalue weighted by atomic mass is 10.1. The topological polar surface area (TPSA) is 12.5 Å². The Morgan fingerprint density at radius 1 is 0.615 bits per heavy atom. The van der Waals surface area contributed by atoms with Gasteiger partial charge in [-0.15, -0.1) is 0 Å². The maximum Gasteiger partial charge on any atom is 0.120 e. The molecular formula is C24H21NO. The van der Waals surface area contributed by atoms with E-state index in [9.17, 15) is 0 Å². The van der Waals surface area contributed by atoms with E-state index in [4.69, 9.17) is 4.74 Å². The molecule has 0 heterocycles. The van der Waals surface area contributed by atoms with Crippen molar-refractivity contribution in [1.82, 2.24) is 0 Å². The highest BCUT2D eigenvalue weighted by atomic mass is 16.5. The Kier molecular flexibility index (Phi) is 4.32.